The molecule has 0 N–H and O–H groups in total. The van der Waals surface area contributed by atoms with Gasteiger partial charge in [-0.3, -0.25) is 4.98 Å². The highest BCUT2D eigenvalue weighted by Gasteiger charge is 2.16. The van der Waals surface area contributed by atoms with Crippen molar-refractivity contribution in [1.29, 1.82) is 0 Å². The Labute approximate surface area is 292 Å². The Kier molecular flexibility index (Phi) is 6.70. The van der Waals surface area contributed by atoms with E-state index in [1.54, 1.807) is 0 Å². The van der Waals surface area contributed by atoms with E-state index in [0.717, 1.165) is 83.2 Å². The summed E-state index contributed by atoms with van der Waals surface area (Å²) in [5.74, 6) is 1.20. The maximum absolute atomic E-state index is 6.07. The monoisotopic (exact) mass is 656 g/mol. The molecule has 6 heteroatoms. The van der Waals surface area contributed by atoms with Crippen molar-refractivity contribution in [3.8, 4) is 34.0 Å². The van der Waals surface area contributed by atoms with Crippen LogP contribution >= 0.6 is 0 Å². The summed E-state index contributed by atoms with van der Waals surface area (Å²) in [6, 6.07) is 56.1. The fraction of sp³-hybridized carbons (Fsp3) is 0. The van der Waals surface area contributed by atoms with Crippen LogP contribution in [0.5, 0.6) is 0 Å². The number of nitrogens with zero attached hydrogens (tertiary/aromatic N) is 4. The van der Waals surface area contributed by atoms with Crippen LogP contribution < -0.4 is 4.90 Å². The van der Waals surface area contributed by atoms with E-state index < -0.39 is 0 Å². The summed E-state index contributed by atoms with van der Waals surface area (Å²) in [6.07, 6.45) is 1.84. The van der Waals surface area contributed by atoms with E-state index in [-0.39, 0.29) is 0 Å². The maximum Gasteiger partial charge on any atom is 0.227 e. The number of oxazole rings is 2. The van der Waals surface area contributed by atoms with Gasteiger partial charge in [0.1, 0.15) is 11.0 Å². The third-order valence-electron chi connectivity index (χ3n) is 9.35. The molecule has 0 radical (unpaired) electrons. The van der Waals surface area contributed by atoms with E-state index in [1.165, 1.54) is 0 Å². The van der Waals surface area contributed by atoms with Crippen LogP contribution in [0, 0.1) is 0 Å². The molecular formula is C45H28N4O2. The summed E-state index contributed by atoms with van der Waals surface area (Å²) in [5.41, 5.74) is 11.4. The molecule has 10 rings (SSSR count). The number of hydrogen-bond acceptors (Lipinski definition) is 6. The predicted molar refractivity (Wildman–Crippen MR) is 205 cm³/mol. The van der Waals surface area contributed by atoms with Gasteiger partial charge in [-0.05, 0) is 125 Å². The largest absolute Gasteiger partial charge is 0.436 e. The topological polar surface area (TPSA) is 68.2 Å². The number of fused-ring (bicyclic) bond motifs is 4. The Morgan fingerprint density at radius 3 is 1.51 bits per heavy atom. The number of para-hydroxylation sites is 4. The van der Waals surface area contributed by atoms with Gasteiger partial charge >= 0.3 is 0 Å². The summed E-state index contributed by atoms with van der Waals surface area (Å²) in [6.45, 7) is 0. The Balaban J connectivity index is 1.04. The zero-order valence-corrected chi connectivity index (χ0v) is 27.3. The van der Waals surface area contributed by atoms with E-state index in [9.17, 15) is 0 Å². The molecule has 240 valence electrons. The minimum absolute atomic E-state index is 0.598. The first-order valence-electron chi connectivity index (χ1n) is 16.8. The molecule has 0 atom stereocenters. The van der Waals surface area contributed by atoms with Gasteiger partial charge in [0.05, 0.1) is 5.52 Å². The number of hydrogen-bond donors (Lipinski definition) is 0. The predicted octanol–water partition coefficient (Wildman–Crippen LogP) is 12.1. The van der Waals surface area contributed by atoms with E-state index in [4.69, 9.17) is 18.8 Å². The molecule has 51 heavy (non-hydrogen) atoms. The van der Waals surface area contributed by atoms with Crippen LogP contribution in [-0.4, -0.2) is 15.0 Å². The molecule has 0 aliphatic heterocycles. The van der Waals surface area contributed by atoms with Crippen LogP contribution in [0.4, 0.5) is 17.1 Å². The minimum atomic E-state index is 0.598. The van der Waals surface area contributed by atoms with Crippen LogP contribution in [0.2, 0.25) is 0 Å². The molecule has 0 unspecified atom stereocenters. The number of pyridine rings is 1. The van der Waals surface area contributed by atoms with Gasteiger partial charge in [-0.25, -0.2) is 9.97 Å². The number of anilines is 3. The van der Waals surface area contributed by atoms with Crippen LogP contribution in [-0.2, 0) is 0 Å². The second-order valence-corrected chi connectivity index (χ2v) is 12.6. The molecule has 0 aliphatic carbocycles. The molecular weight excluding hydrogens is 629 g/mol. The summed E-state index contributed by atoms with van der Waals surface area (Å²) in [7, 11) is 0. The fourth-order valence-corrected chi connectivity index (χ4v) is 6.74. The molecule has 0 fully saturated rings. The second-order valence-electron chi connectivity index (χ2n) is 12.6. The first-order valence-corrected chi connectivity index (χ1v) is 16.8. The maximum atomic E-state index is 6.07. The average molecular weight is 657 g/mol. The number of aromatic nitrogens is 3. The minimum Gasteiger partial charge on any atom is -0.436 e. The second kappa shape index (κ2) is 11.8. The Hall–Kier alpha value is -7.05. The van der Waals surface area contributed by atoms with Crippen LogP contribution in [0.25, 0.3) is 77.9 Å². The van der Waals surface area contributed by atoms with E-state index in [0.29, 0.717) is 11.8 Å². The zero-order chi connectivity index (χ0) is 33.7. The Morgan fingerprint density at radius 2 is 0.882 bits per heavy atom. The summed E-state index contributed by atoms with van der Waals surface area (Å²) in [5, 5.41) is 3.44. The van der Waals surface area contributed by atoms with Crippen molar-refractivity contribution in [2.24, 2.45) is 0 Å². The van der Waals surface area contributed by atoms with Crippen molar-refractivity contribution < 1.29 is 8.83 Å². The van der Waals surface area contributed by atoms with Gasteiger partial charge in [-0.15, -0.1) is 0 Å². The summed E-state index contributed by atoms with van der Waals surface area (Å²) < 4.78 is 12.1. The zero-order valence-electron chi connectivity index (χ0n) is 27.3. The molecule has 0 bridgehead atoms. The van der Waals surface area contributed by atoms with Crippen LogP contribution in [0.1, 0.15) is 0 Å². The Morgan fingerprint density at radius 1 is 0.373 bits per heavy atom. The van der Waals surface area contributed by atoms with Crippen molar-refractivity contribution >= 4 is 60.9 Å². The highest BCUT2D eigenvalue weighted by atomic mass is 16.4. The van der Waals surface area contributed by atoms with E-state index in [2.05, 4.69) is 119 Å². The molecule has 0 saturated heterocycles. The molecule has 0 amide bonds. The first-order chi connectivity index (χ1) is 25.2. The van der Waals surface area contributed by atoms with Crippen molar-refractivity contribution in [3.63, 3.8) is 0 Å². The fourth-order valence-electron chi connectivity index (χ4n) is 6.74. The number of benzene rings is 7. The first kappa shape index (κ1) is 28.9. The normalized spacial score (nSPS) is 11.5. The lowest BCUT2D eigenvalue weighted by Crippen LogP contribution is -2.09. The molecule has 0 saturated carbocycles. The average Bonchev–Trinajstić information content (AvgIpc) is 3.83. The van der Waals surface area contributed by atoms with Gasteiger partial charge in [0, 0.05) is 39.8 Å². The molecule has 0 aliphatic rings. The summed E-state index contributed by atoms with van der Waals surface area (Å²) in [4.78, 5) is 16.2. The van der Waals surface area contributed by atoms with Crippen molar-refractivity contribution in [2.75, 3.05) is 4.90 Å². The molecule has 10 aromatic rings. The molecule has 3 aromatic heterocycles. The number of rotatable bonds is 6. The van der Waals surface area contributed by atoms with Gasteiger partial charge in [0.25, 0.3) is 0 Å². The van der Waals surface area contributed by atoms with Gasteiger partial charge in [0.15, 0.2) is 11.2 Å². The smallest absolute Gasteiger partial charge is 0.227 e. The lowest BCUT2D eigenvalue weighted by molar-refractivity contribution is 0.619. The molecule has 3 heterocycles. The van der Waals surface area contributed by atoms with Crippen molar-refractivity contribution in [1.82, 2.24) is 15.0 Å². The van der Waals surface area contributed by atoms with Gasteiger partial charge < -0.3 is 13.7 Å². The standard InChI is InChI=1S/C45H28N4O2/c1-3-9-42-39(7-1)47-44(50-42)30-15-20-36(21-16-30)49(37-22-17-31(18-23-37)45-48-40-8-2-4-10-43(40)51-45)38-24-19-33-26-32(13-14-34(33)27-38)35-12-11-29-6-5-25-46-41(29)28-35/h1-28H. The highest BCUT2D eigenvalue weighted by molar-refractivity contribution is 5.93. The van der Waals surface area contributed by atoms with E-state index >= 15 is 0 Å². The summed E-state index contributed by atoms with van der Waals surface area (Å²) >= 11 is 0. The van der Waals surface area contributed by atoms with Gasteiger partial charge in [-0.1, -0.05) is 60.7 Å². The third-order valence-corrected chi connectivity index (χ3v) is 9.35. The van der Waals surface area contributed by atoms with Crippen molar-refractivity contribution in [2.45, 2.75) is 0 Å². The SMILES string of the molecule is c1cnc2cc(-c3ccc4cc(N(c5ccc(-c6nc7ccccc7o6)cc5)c5ccc(-c6nc7ccccc7o6)cc5)ccc4c3)ccc2c1. The molecule has 7 aromatic carbocycles. The quantitative estimate of drug-likeness (QED) is 0.177. The lowest BCUT2D eigenvalue weighted by Gasteiger charge is -2.26. The van der Waals surface area contributed by atoms with Crippen molar-refractivity contribution in [3.05, 3.63) is 170 Å². The van der Waals surface area contributed by atoms with Gasteiger partial charge in [-0.2, -0.15) is 0 Å². The van der Waals surface area contributed by atoms with E-state index in [1.807, 2.05) is 60.8 Å². The van der Waals surface area contributed by atoms with Gasteiger partial charge in [0.2, 0.25) is 11.8 Å². The lowest BCUT2D eigenvalue weighted by atomic mass is 9.99. The highest BCUT2D eigenvalue weighted by Crippen LogP contribution is 2.39. The molecule has 6 nitrogen and oxygen atoms in total. The Bertz CT molecular complexity index is 2690. The van der Waals surface area contributed by atoms with Crippen LogP contribution in [0.3, 0.4) is 0 Å². The third kappa shape index (κ3) is 5.27. The van der Waals surface area contributed by atoms with Crippen LogP contribution in [0.15, 0.2) is 179 Å². The molecule has 0 spiro atoms.